The van der Waals surface area contributed by atoms with Crippen molar-refractivity contribution in [3.8, 4) is 5.75 Å². The van der Waals surface area contributed by atoms with Crippen molar-refractivity contribution in [2.75, 3.05) is 7.11 Å². The molecule has 0 radical (unpaired) electrons. The van der Waals surface area contributed by atoms with E-state index in [4.69, 9.17) is 4.74 Å². The van der Waals surface area contributed by atoms with Gasteiger partial charge in [0.25, 0.3) is 0 Å². The summed E-state index contributed by atoms with van der Waals surface area (Å²) in [4.78, 5) is 0. The third-order valence-electron chi connectivity index (χ3n) is 5.24. The van der Waals surface area contributed by atoms with Crippen LogP contribution >= 0.6 is 0 Å². The zero-order chi connectivity index (χ0) is 26.3. The molecule has 0 aliphatic heterocycles. The minimum absolute atomic E-state index is 0. The number of hydrogen-bond acceptors (Lipinski definition) is 1. The van der Waals surface area contributed by atoms with E-state index in [2.05, 4.69) is 124 Å². The topological polar surface area (TPSA) is 9.23 Å². The van der Waals surface area contributed by atoms with Crippen LogP contribution in [0.1, 0.15) is 70.6 Å². The van der Waals surface area contributed by atoms with E-state index in [0.29, 0.717) is 0 Å². The maximum absolute atomic E-state index is 5.97. The summed E-state index contributed by atoms with van der Waals surface area (Å²) in [6, 6.07) is 4.61. The summed E-state index contributed by atoms with van der Waals surface area (Å²) in [5.41, 5.74) is 5.41. The molecule has 4 heteroatoms. The van der Waals surface area contributed by atoms with Gasteiger partial charge in [-0.25, -0.2) is 12.2 Å². The first-order valence-electron chi connectivity index (χ1n) is 12.5. The molecule has 2 rings (SSSR count). The summed E-state index contributed by atoms with van der Waals surface area (Å²) in [7, 11) is 0.0878. The fourth-order valence-electron chi connectivity index (χ4n) is 3.85. The Morgan fingerprint density at radius 1 is 0.912 bits per heavy atom. The SMILES string of the molecule is CCC(CC)(C1=[C-]C=CC1)c1cc(C)cc(C(C)(C)C)c1OC.[CH2-][Si](C)(C)C.[CH2-][Si](C)(C)C.[Y+3]. The summed E-state index contributed by atoms with van der Waals surface area (Å²) < 4.78 is 5.97. The predicted octanol–water partition coefficient (Wildman–Crippen LogP) is 9.44. The fourth-order valence-corrected chi connectivity index (χ4v) is 3.85. The molecule has 0 atom stereocenters. The van der Waals surface area contributed by atoms with E-state index < -0.39 is 16.1 Å². The van der Waals surface area contributed by atoms with Crippen LogP contribution in [0.5, 0.6) is 5.75 Å². The standard InChI is InChI=1S/C22H31O.2C4H11Si.Y/c1-8-22(9-2,17-12-10-11-13-17)19-15-16(3)14-18(20(19)23-7)21(4,5)6;2*1-5(2,3)4;/h10-11,14-15H,8-9,12H2,1-7H3;2*1H2,2-4H3;/q3*-1;+3. The van der Waals surface area contributed by atoms with Crippen molar-refractivity contribution in [3.05, 3.63) is 65.7 Å². The van der Waals surface area contributed by atoms with E-state index in [1.54, 1.807) is 0 Å². The van der Waals surface area contributed by atoms with Gasteiger partial charge in [-0.1, -0.05) is 98.0 Å². The number of allylic oxidation sites excluding steroid dienone is 4. The molecule has 0 fully saturated rings. The third-order valence-corrected chi connectivity index (χ3v) is 5.24. The maximum Gasteiger partial charge on any atom is 3.00 e. The third kappa shape index (κ3) is 12.8. The van der Waals surface area contributed by atoms with Crippen LogP contribution in [0.4, 0.5) is 0 Å². The van der Waals surface area contributed by atoms with E-state index in [1.165, 1.54) is 22.3 Å². The van der Waals surface area contributed by atoms with Gasteiger partial charge in [0, 0.05) is 16.5 Å². The van der Waals surface area contributed by atoms with Gasteiger partial charge in [0.2, 0.25) is 0 Å². The molecule has 1 aliphatic carbocycles. The number of aryl methyl sites for hydroxylation is 1. The Kier molecular flexibility index (Phi) is 15.6. The van der Waals surface area contributed by atoms with Gasteiger partial charge in [0.15, 0.2) is 0 Å². The van der Waals surface area contributed by atoms with Crippen molar-refractivity contribution >= 4 is 16.1 Å². The number of methoxy groups -OCH3 is 1. The van der Waals surface area contributed by atoms with Crippen LogP contribution in [0.3, 0.4) is 0 Å². The van der Waals surface area contributed by atoms with Crippen molar-refractivity contribution < 1.29 is 37.4 Å². The van der Waals surface area contributed by atoms with Gasteiger partial charge in [-0.3, -0.25) is 6.08 Å². The Bertz CT molecular complexity index is 775. The molecular formula is C30H53OSi2Y. The Labute approximate surface area is 241 Å². The largest absolute Gasteiger partial charge is 3.00 e. The quantitative estimate of drug-likeness (QED) is 0.251. The van der Waals surface area contributed by atoms with Crippen LogP contribution in [0.15, 0.2) is 29.9 Å². The molecule has 1 aromatic carbocycles. The summed E-state index contributed by atoms with van der Waals surface area (Å²) in [6.07, 6.45) is 10.9. The number of hydrogen-bond donors (Lipinski definition) is 0. The second-order valence-corrected chi connectivity index (χ2v) is 23.0. The van der Waals surface area contributed by atoms with Gasteiger partial charge in [0.1, 0.15) is 5.75 Å². The van der Waals surface area contributed by atoms with Gasteiger partial charge in [-0.05, 0) is 25.2 Å². The molecule has 0 aromatic heterocycles. The van der Waals surface area contributed by atoms with Crippen LogP contribution in [-0.2, 0) is 43.5 Å². The van der Waals surface area contributed by atoms with E-state index in [9.17, 15) is 0 Å². The second-order valence-electron chi connectivity index (χ2n) is 12.8. The number of benzene rings is 1. The first-order valence-corrected chi connectivity index (χ1v) is 19.9. The number of ether oxygens (including phenoxy) is 1. The molecule has 1 aromatic rings. The molecule has 0 saturated carbocycles. The first-order chi connectivity index (χ1) is 14.8. The normalized spacial score (nSPS) is 13.7. The summed E-state index contributed by atoms with van der Waals surface area (Å²) in [6.45, 7) is 34.7. The Balaban J connectivity index is 0. The smallest absolute Gasteiger partial charge is 0.496 e. The monoisotopic (exact) mass is 574 g/mol. The predicted molar refractivity (Wildman–Crippen MR) is 157 cm³/mol. The minimum Gasteiger partial charge on any atom is -0.496 e. The van der Waals surface area contributed by atoms with Gasteiger partial charge in [-0.2, -0.15) is 5.57 Å². The second kappa shape index (κ2) is 14.7. The maximum atomic E-state index is 5.97. The van der Waals surface area contributed by atoms with Crippen molar-refractivity contribution in [2.45, 2.75) is 111 Å². The van der Waals surface area contributed by atoms with Crippen molar-refractivity contribution in [1.29, 1.82) is 0 Å². The molecule has 190 valence electrons. The van der Waals surface area contributed by atoms with Gasteiger partial charge < -0.3 is 17.8 Å². The molecule has 0 unspecified atom stereocenters. The van der Waals surface area contributed by atoms with Gasteiger partial charge in [0.05, 0.1) is 7.11 Å². The Hall–Kier alpha value is 0.0377. The zero-order valence-corrected chi connectivity index (χ0v) is 29.7. The fraction of sp³-hybridized carbons (Fsp3) is 0.600. The molecule has 34 heavy (non-hydrogen) atoms. The van der Waals surface area contributed by atoms with Gasteiger partial charge in [-0.15, -0.1) is 16.1 Å². The molecule has 1 aliphatic rings. The average molecular weight is 575 g/mol. The van der Waals surface area contributed by atoms with Crippen molar-refractivity contribution in [1.82, 2.24) is 0 Å². The average Bonchev–Trinajstić information content (AvgIpc) is 3.14. The first kappa shape index (κ1) is 36.2. The van der Waals surface area contributed by atoms with Gasteiger partial charge >= 0.3 is 32.7 Å². The van der Waals surface area contributed by atoms with Crippen molar-refractivity contribution in [3.63, 3.8) is 0 Å². The Morgan fingerprint density at radius 3 is 1.62 bits per heavy atom. The van der Waals surface area contributed by atoms with E-state index in [0.717, 1.165) is 25.0 Å². The molecule has 0 spiro atoms. The molecule has 0 heterocycles. The van der Waals surface area contributed by atoms with E-state index in [-0.39, 0.29) is 43.5 Å². The molecule has 0 saturated heterocycles. The van der Waals surface area contributed by atoms with Crippen molar-refractivity contribution in [2.24, 2.45) is 0 Å². The van der Waals surface area contributed by atoms with Crippen LogP contribution < -0.4 is 4.74 Å². The van der Waals surface area contributed by atoms with Crippen LogP contribution in [-0.4, -0.2) is 23.3 Å². The summed E-state index contributed by atoms with van der Waals surface area (Å²) in [5.74, 6) is 1.06. The zero-order valence-electron chi connectivity index (χ0n) is 24.8. The van der Waals surface area contributed by atoms with E-state index in [1.807, 2.05) is 7.11 Å². The van der Waals surface area contributed by atoms with Crippen LogP contribution in [0.2, 0.25) is 39.3 Å². The summed E-state index contributed by atoms with van der Waals surface area (Å²) in [5, 5.41) is 0. The minimum atomic E-state index is -0.861. The summed E-state index contributed by atoms with van der Waals surface area (Å²) >= 11 is 0. The number of rotatable bonds is 5. The molecule has 1 nitrogen and oxygen atoms in total. The van der Waals surface area contributed by atoms with E-state index >= 15 is 0 Å². The molecular weight excluding hydrogens is 521 g/mol. The molecule has 0 N–H and O–H groups in total. The molecule has 0 bridgehead atoms. The Morgan fingerprint density at radius 2 is 1.32 bits per heavy atom. The van der Waals surface area contributed by atoms with Crippen LogP contribution in [0.25, 0.3) is 0 Å². The van der Waals surface area contributed by atoms with Crippen LogP contribution in [0, 0.1) is 26.1 Å². The molecule has 0 amide bonds.